The molecule has 0 aromatic carbocycles. The fourth-order valence-electron chi connectivity index (χ4n) is 12.7. The topological polar surface area (TPSA) is 184 Å². The standard InChI is InChI=1S/2C17H33N3.4C14H27N3/c2*1-15(2)10-8-6-5-7-9-11-17-14-18-19-20(17)13-12-16(3)4;2*1-12(2)7-5-6-8-14-11-15-16-17(14)10-9-13(3)4;2*1-12(2)8-6-5-7-9-14-10-15-16-17(14)11-13(3)4/h2*14-16H,5-13H2,1-4H3;2*11-13H,5-10H2,1-4H3;2*10,12-13H,5-9,11H2,1-4H3. The molecule has 0 unspecified atom stereocenters. The number of nitrogens with zero attached hydrogens (tertiary/aromatic N) is 18. The van der Waals surface area contributed by atoms with E-state index in [-0.39, 0.29) is 0 Å². The predicted molar refractivity (Wildman–Crippen MR) is 459 cm³/mol. The second-order valence-corrected chi connectivity index (χ2v) is 36.8. The van der Waals surface area contributed by atoms with Gasteiger partial charge in [-0.3, -0.25) is 0 Å². The zero-order chi connectivity index (χ0) is 80.3. The first-order valence-corrected chi connectivity index (χ1v) is 44.8. The maximum atomic E-state index is 4.20. The van der Waals surface area contributed by atoms with Gasteiger partial charge in [0.2, 0.25) is 0 Å². The molecule has 6 rings (SSSR count). The Kier molecular flexibility index (Phi) is 60.1. The summed E-state index contributed by atoms with van der Waals surface area (Å²) in [5, 5.41) is 49.2. The summed E-state index contributed by atoms with van der Waals surface area (Å²) < 4.78 is 12.5. The Balaban J connectivity index is 0.000000649. The Morgan fingerprint density at radius 3 is 0.519 bits per heavy atom. The van der Waals surface area contributed by atoms with E-state index in [0.717, 1.165) is 137 Å². The van der Waals surface area contributed by atoms with Crippen molar-refractivity contribution in [3.05, 3.63) is 71.3 Å². The minimum atomic E-state index is 0.636. The van der Waals surface area contributed by atoms with Gasteiger partial charge in [-0.15, -0.1) is 30.6 Å². The molecule has 0 amide bonds. The summed E-state index contributed by atoms with van der Waals surface area (Å²) >= 11 is 0. The summed E-state index contributed by atoms with van der Waals surface area (Å²) in [6.07, 6.45) is 57.8. The summed E-state index contributed by atoms with van der Waals surface area (Å²) in [4.78, 5) is 0. The third kappa shape index (κ3) is 57.0. The summed E-state index contributed by atoms with van der Waals surface area (Å²) in [6, 6.07) is 0. The summed E-state index contributed by atoms with van der Waals surface area (Å²) in [6.45, 7) is 60.5. The van der Waals surface area contributed by atoms with Gasteiger partial charge in [-0.1, -0.05) is 326 Å². The Morgan fingerprint density at radius 2 is 0.324 bits per heavy atom. The molecule has 0 fully saturated rings. The number of hydrogen-bond donors (Lipinski definition) is 0. The van der Waals surface area contributed by atoms with Crippen molar-refractivity contribution < 1.29 is 0 Å². The average Bonchev–Trinajstić information content (AvgIpc) is 1.75. The zero-order valence-electron chi connectivity index (χ0n) is 75.1. The first-order chi connectivity index (χ1) is 51.6. The lowest BCUT2D eigenvalue weighted by atomic mass is 10.0. The van der Waals surface area contributed by atoms with Gasteiger partial charge in [0.05, 0.1) is 71.3 Å². The van der Waals surface area contributed by atoms with Crippen LogP contribution < -0.4 is 0 Å². The minimum Gasteiger partial charge on any atom is -0.249 e. The lowest BCUT2D eigenvalue weighted by molar-refractivity contribution is 0.453. The SMILES string of the molecule is CC(C)CCCCCCCc1cnnn1CCC(C)C.CC(C)CCCCCCCc1cnnn1CCC(C)C.CC(C)CCCCCc1cnnn1CC(C)C.CC(C)CCCCCc1cnnn1CC(C)C.CC(C)CCCCc1cnnn1CCC(C)C.CC(C)CCCCc1cnnn1CCC(C)C. The van der Waals surface area contributed by atoms with Gasteiger partial charge in [0.15, 0.2) is 0 Å². The normalized spacial score (nSPS) is 11.7. The number of aryl methyl sites for hydroxylation is 10. The van der Waals surface area contributed by atoms with Crippen molar-refractivity contribution in [2.75, 3.05) is 0 Å². The van der Waals surface area contributed by atoms with Gasteiger partial charge in [0.25, 0.3) is 0 Å². The van der Waals surface area contributed by atoms with Crippen molar-refractivity contribution >= 4 is 0 Å². The second kappa shape index (κ2) is 64.4. The molecular weight excluding hydrogens is 1330 g/mol. The molecule has 6 aromatic heterocycles. The van der Waals surface area contributed by atoms with E-state index in [0.29, 0.717) is 11.8 Å². The van der Waals surface area contributed by atoms with Crippen LogP contribution in [-0.4, -0.2) is 90.0 Å². The highest BCUT2D eigenvalue weighted by atomic mass is 15.5. The highest BCUT2D eigenvalue weighted by Crippen LogP contribution is 2.19. The second-order valence-electron chi connectivity index (χ2n) is 36.8. The Labute approximate surface area is 665 Å². The maximum Gasteiger partial charge on any atom is 0.0725 e. The minimum absolute atomic E-state index is 0.636. The van der Waals surface area contributed by atoms with Crippen LogP contribution in [0.1, 0.15) is 393 Å². The molecule has 0 N–H and O–H groups in total. The Bertz CT molecular complexity index is 2700. The average molecular weight is 1510 g/mol. The van der Waals surface area contributed by atoms with Crippen LogP contribution in [0.3, 0.4) is 0 Å². The van der Waals surface area contributed by atoms with E-state index in [2.05, 4.69) is 256 Å². The van der Waals surface area contributed by atoms with Crippen LogP contribution in [0, 0.1) is 71.0 Å². The number of unbranched alkanes of at least 4 members (excludes halogenated alkanes) is 14. The van der Waals surface area contributed by atoms with Gasteiger partial charge in [-0.05, 0) is 174 Å². The van der Waals surface area contributed by atoms with E-state index in [4.69, 9.17) is 0 Å². The molecule has 624 valence electrons. The van der Waals surface area contributed by atoms with Crippen molar-refractivity contribution in [3.63, 3.8) is 0 Å². The fraction of sp³-hybridized carbons (Fsp3) is 0.867. The first kappa shape index (κ1) is 101. The van der Waals surface area contributed by atoms with E-state index >= 15 is 0 Å². The molecule has 0 saturated carbocycles. The Hall–Kier alpha value is -5.16. The molecule has 108 heavy (non-hydrogen) atoms. The predicted octanol–water partition coefficient (Wildman–Crippen LogP) is 24.5. The highest BCUT2D eigenvalue weighted by molar-refractivity contribution is 4.98. The third-order valence-electron chi connectivity index (χ3n) is 19.7. The highest BCUT2D eigenvalue weighted by Gasteiger charge is 2.12. The van der Waals surface area contributed by atoms with Crippen molar-refractivity contribution in [1.29, 1.82) is 0 Å². The van der Waals surface area contributed by atoms with Crippen molar-refractivity contribution in [2.45, 2.75) is 437 Å². The quantitative estimate of drug-likeness (QED) is 0.0330. The summed E-state index contributed by atoms with van der Waals surface area (Å²) in [7, 11) is 0. The molecule has 0 radical (unpaired) electrons. The molecule has 0 bridgehead atoms. The summed E-state index contributed by atoms with van der Waals surface area (Å²) in [5.74, 6) is 9.21. The Morgan fingerprint density at radius 1 is 0.176 bits per heavy atom. The van der Waals surface area contributed by atoms with Crippen LogP contribution >= 0.6 is 0 Å². The largest absolute Gasteiger partial charge is 0.249 e. The third-order valence-corrected chi connectivity index (χ3v) is 19.7. The van der Waals surface area contributed by atoms with Crippen LogP contribution in [0.4, 0.5) is 0 Å². The molecule has 18 heteroatoms. The maximum absolute atomic E-state index is 4.20. The van der Waals surface area contributed by atoms with Crippen LogP contribution in [-0.2, 0) is 77.8 Å². The number of rotatable bonds is 54. The lowest BCUT2D eigenvalue weighted by Crippen LogP contribution is -2.09. The molecule has 0 aliphatic carbocycles. The molecule has 0 aliphatic heterocycles. The first-order valence-electron chi connectivity index (χ1n) is 44.8. The molecule has 6 heterocycles. The van der Waals surface area contributed by atoms with Crippen LogP contribution in [0.15, 0.2) is 37.2 Å². The molecule has 0 spiro atoms. The molecule has 0 aliphatic rings. The van der Waals surface area contributed by atoms with E-state index in [9.17, 15) is 0 Å². The van der Waals surface area contributed by atoms with Crippen molar-refractivity contribution in [1.82, 2.24) is 90.0 Å². The fourth-order valence-corrected chi connectivity index (χ4v) is 12.7. The van der Waals surface area contributed by atoms with Gasteiger partial charge in [-0.2, -0.15) is 0 Å². The van der Waals surface area contributed by atoms with Gasteiger partial charge in [0.1, 0.15) is 0 Å². The monoisotopic (exact) mass is 1510 g/mol. The van der Waals surface area contributed by atoms with Gasteiger partial charge in [-0.25, -0.2) is 28.1 Å². The van der Waals surface area contributed by atoms with Crippen LogP contribution in [0.25, 0.3) is 0 Å². The molecular formula is C90H174N18. The van der Waals surface area contributed by atoms with Gasteiger partial charge < -0.3 is 0 Å². The van der Waals surface area contributed by atoms with Crippen LogP contribution in [0.2, 0.25) is 0 Å². The molecule has 18 nitrogen and oxygen atoms in total. The van der Waals surface area contributed by atoms with Crippen molar-refractivity contribution in [2.24, 2.45) is 71.0 Å². The van der Waals surface area contributed by atoms with Gasteiger partial charge in [0, 0.05) is 39.3 Å². The van der Waals surface area contributed by atoms with E-state index in [1.165, 1.54) is 227 Å². The number of aromatic nitrogens is 18. The smallest absolute Gasteiger partial charge is 0.0725 e. The molecule has 6 aromatic rings. The zero-order valence-corrected chi connectivity index (χ0v) is 75.1. The van der Waals surface area contributed by atoms with E-state index in [1.807, 2.05) is 37.2 Å². The number of hydrogen-bond acceptors (Lipinski definition) is 12. The van der Waals surface area contributed by atoms with Crippen molar-refractivity contribution in [3.8, 4) is 0 Å². The molecule has 0 saturated heterocycles. The summed E-state index contributed by atoms with van der Waals surface area (Å²) in [5.41, 5.74) is 7.82. The van der Waals surface area contributed by atoms with Crippen LogP contribution in [0.5, 0.6) is 0 Å². The lowest BCUT2D eigenvalue weighted by Gasteiger charge is -2.08. The molecule has 0 atom stereocenters. The van der Waals surface area contributed by atoms with E-state index in [1.54, 1.807) is 0 Å². The van der Waals surface area contributed by atoms with Gasteiger partial charge >= 0.3 is 0 Å². The van der Waals surface area contributed by atoms with E-state index < -0.39 is 0 Å².